The van der Waals surface area contributed by atoms with E-state index < -0.39 is 16.1 Å². The van der Waals surface area contributed by atoms with Crippen LogP contribution in [0.5, 0.6) is 0 Å². The van der Waals surface area contributed by atoms with E-state index in [2.05, 4.69) is 28.9 Å². The predicted molar refractivity (Wildman–Crippen MR) is 143 cm³/mol. The van der Waals surface area contributed by atoms with Crippen molar-refractivity contribution in [1.29, 1.82) is 0 Å². The van der Waals surface area contributed by atoms with Gasteiger partial charge in [0, 0.05) is 36.1 Å². The van der Waals surface area contributed by atoms with E-state index in [0.717, 1.165) is 17.7 Å². The third-order valence-electron chi connectivity index (χ3n) is 6.12. The molecule has 0 radical (unpaired) electrons. The summed E-state index contributed by atoms with van der Waals surface area (Å²) in [6.45, 7) is 5.12. The van der Waals surface area contributed by atoms with Crippen LogP contribution < -0.4 is 10.0 Å². The SMILES string of the molecule is CC(C)(CCn1cnc(-c2ccc(F)cc2)c1)NCC(O)c1cccc(NS(=O)(=O)c2ccccc2)c1. The molecule has 3 N–H and O–H groups in total. The van der Waals surface area contributed by atoms with E-state index in [1.807, 2.05) is 10.8 Å². The minimum absolute atomic E-state index is 0.173. The van der Waals surface area contributed by atoms with Gasteiger partial charge in [-0.1, -0.05) is 30.3 Å². The van der Waals surface area contributed by atoms with E-state index in [-0.39, 0.29) is 16.3 Å². The summed E-state index contributed by atoms with van der Waals surface area (Å²) in [6.07, 6.45) is 3.64. The Labute approximate surface area is 217 Å². The molecule has 0 saturated carbocycles. The number of halogens is 1. The molecule has 0 saturated heterocycles. The van der Waals surface area contributed by atoms with Gasteiger partial charge in [-0.15, -0.1) is 0 Å². The van der Waals surface area contributed by atoms with Crippen molar-refractivity contribution in [3.05, 3.63) is 103 Å². The van der Waals surface area contributed by atoms with Crippen LogP contribution in [0.3, 0.4) is 0 Å². The highest BCUT2D eigenvalue weighted by atomic mass is 32.2. The normalized spacial score (nSPS) is 12.9. The highest BCUT2D eigenvalue weighted by molar-refractivity contribution is 7.92. The summed E-state index contributed by atoms with van der Waals surface area (Å²) in [4.78, 5) is 4.59. The van der Waals surface area contributed by atoms with Crippen molar-refractivity contribution in [3.63, 3.8) is 0 Å². The second kappa shape index (κ2) is 11.2. The molecule has 7 nitrogen and oxygen atoms in total. The summed E-state index contributed by atoms with van der Waals surface area (Å²) in [6, 6.07) is 21.2. The molecule has 0 spiro atoms. The average Bonchev–Trinajstić information content (AvgIpc) is 3.36. The number of imidazole rings is 1. The van der Waals surface area contributed by atoms with E-state index in [9.17, 15) is 17.9 Å². The Bertz CT molecular complexity index is 1420. The molecule has 1 heterocycles. The van der Waals surface area contributed by atoms with Crippen molar-refractivity contribution in [3.8, 4) is 11.3 Å². The number of aliphatic hydroxyl groups excluding tert-OH is 1. The molecule has 0 aliphatic carbocycles. The number of aromatic nitrogens is 2. The van der Waals surface area contributed by atoms with Crippen LogP contribution in [0.4, 0.5) is 10.1 Å². The second-order valence-corrected chi connectivity index (χ2v) is 11.3. The number of anilines is 1. The molecule has 1 atom stereocenters. The Morgan fingerprint density at radius 1 is 1.03 bits per heavy atom. The molecule has 1 aromatic heterocycles. The zero-order chi connectivity index (χ0) is 26.5. The first-order chi connectivity index (χ1) is 17.6. The van der Waals surface area contributed by atoms with Crippen LogP contribution in [0.25, 0.3) is 11.3 Å². The fraction of sp³-hybridized carbons (Fsp3) is 0.250. The Balaban J connectivity index is 1.31. The Morgan fingerprint density at radius 2 is 1.76 bits per heavy atom. The molecule has 3 aromatic carbocycles. The van der Waals surface area contributed by atoms with Gasteiger partial charge in [-0.3, -0.25) is 4.72 Å². The molecular weight excluding hydrogens is 491 g/mol. The molecule has 194 valence electrons. The molecular formula is C28H31FN4O3S. The molecule has 0 bridgehead atoms. The summed E-state index contributed by atoms with van der Waals surface area (Å²) >= 11 is 0. The van der Waals surface area contributed by atoms with Crippen LogP contribution in [0.2, 0.25) is 0 Å². The number of hydrogen-bond acceptors (Lipinski definition) is 5. The topological polar surface area (TPSA) is 96.2 Å². The van der Waals surface area contributed by atoms with Gasteiger partial charge in [-0.2, -0.15) is 0 Å². The first kappa shape index (κ1) is 26.5. The number of nitrogens with zero attached hydrogens (tertiary/aromatic N) is 2. The van der Waals surface area contributed by atoms with Gasteiger partial charge < -0.3 is 15.0 Å². The fourth-order valence-electron chi connectivity index (χ4n) is 3.86. The number of aryl methyl sites for hydroxylation is 1. The summed E-state index contributed by atoms with van der Waals surface area (Å²) in [5.74, 6) is -0.279. The van der Waals surface area contributed by atoms with E-state index in [1.165, 1.54) is 24.3 Å². The fourth-order valence-corrected chi connectivity index (χ4v) is 4.93. The van der Waals surface area contributed by atoms with Gasteiger partial charge in [0.05, 0.1) is 23.0 Å². The zero-order valence-electron chi connectivity index (χ0n) is 20.8. The Morgan fingerprint density at radius 3 is 2.49 bits per heavy atom. The molecule has 1 unspecified atom stereocenters. The number of β-amino-alcohol motifs (C(OH)–C–C–N with tert-alkyl or cyclic N) is 1. The number of rotatable bonds is 11. The molecule has 4 aromatic rings. The standard InChI is InChI=1S/C28H31FN4O3S/c1-28(2,15-16-33-19-26(30-20-33)21-11-13-23(29)14-12-21)31-18-27(34)22-7-6-8-24(17-22)32-37(35,36)25-9-4-3-5-10-25/h3-14,17,19-20,27,31-32,34H,15-16,18H2,1-2H3. The van der Waals surface area contributed by atoms with Crippen molar-refractivity contribution < 1.29 is 17.9 Å². The third-order valence-corrected chi connectivity index (χ3v) is 7.52. The predicted octanol–water partition coefficient (Wildman–Crippen LogP) is 4.98. The van der Waals surface area contributed by atoms with Crippen LogP contribution in [-0.2, 0) is 16.6 Å². The zero-order valence-corrected chi connectivity index (χ0v) is 21.6. The van der Waals surface area contributed by atoms with Crippen molar-refractivity contribution in [1.82, 2.24) is 14.9 Å². The van der Waals surface area contributed by atoms with Crippen molar-refractivity contribution in [2.24, 2.45) is 0 Å². The van der Waals surface area contributed by atoms with Crippen LogP contribution in [0.1, 0.15) is 31.9 Å². The van der Waals surface area contributed by atoms with Gasteiger partial charge in [0.2, 0.25) is 0 Å². The quantitative estimate of drug-likeness (QED) is 0.258. The van der Waals surface area contributed by atoms with E-state index in [0.29, 0.717) is 24.3 Å². The highest BCUT2D eigenvalue weighted by Gasteiger charge is 2.20. The lowest BCUT2D eigenvalue weighted by Gasteiger charge is -2.28. The number of nitrogens with one attached hydrogen (secondary N) is 2. The second-order valence-electron chi connectivity index (χ2n) is 9.58. The van der Waals surface area contributed by atoms with Crippen molar-refractivity contribution >= 4 is 15.7 Å². The Hall–Kier alpha value is -3.53. The maximum absolute atomic E-state index is 13.2. The summed E-state index contributed by atoms with van der Waals surface area (Å²) in [5.41, 5.74) is 2.35. The van der Waals surface area contributed by atoms with Gasteiger partial charge in [-0.25, -0.2) is 17.8 Å². The summed E-state index contributed by atoms with van der Waals surface area (Å²) in [7, 11) is -3.71. The minimum atomic E-state index is -3.71. The van der Waals surface area contributed by atoms with Gasteiger partial charge in [0.15, 0.2) is 0 Å². The smallest absolute Gasteiger partial charge is 0.261 e. The molecule has 0 aliphatic rings. The van der Waals surface area contributed by atoms with Crippen LogP contribution in [0, 0.1) is 5.82 Å². The van der Waals surface area contributed by atoms with Crippen LogP contribution in [0.15, 0.2) is 96.3 Å². The lowest BCUT2D eigenvalue weighted by Crippen LogP contribution is -2.42. The van der Waals surface area contributed by atoms with Gasteiger partial charge in [0.1, 0.15) is 5.82 Å². The molecule has 4 rings (SSSR count). The maximum atomic E-state index is 13.2. The van der Waals surface area contributed by atoms with Crippen LogP contribution >= 0.6 is 0 Å². The first-order valence-electron chi connectivity index (χ1n) is 12.0. The average molecular weight is 523 g/mol. The third kappa shape index (κ3) is 7.25. The van der Waals surface area contributed by atoms with E-state index in [1.54, 1.807) is 60.9 Å². The van der Waals surface area contributed by atoms with Crippen LogP contribution in [-0.4, -0.2) is 35.2 Å². The summed E-state index contributed by atoms with van der Waals surface area (Å²) in [5, 5.41) is 14.2. The number of aliphatic hydroxyl groups is 1. The number of benzene rings is 3. The van der Waals surface area contributed by atoms with Gasteiger partial charge in [-0.05, 0) is 74.4 Å². The lowest BCUT2D eigenvalue weighted by molar-refractivity contribution is 0.158. The van der Waals surface area contributed by atoms with Gasteiger partial charge in [0.25, 0.3) is 10.0 Å². The minimum Gasteiger partial charge on any atom is -0.387 e. The van der Waals surface area contributed by atoms with Crippen molar-refractivity contribution in [2.45, 2.75) is 43.4 Å². The largest absolute Gasteiger partial charge is 0.387 e. The Kier molecular flexibility index (Phi) is 8.06. The van der Waals surface area contributed by atoms with Crippen molar-refractivity contribution in [2.75, 3.05) is 11.3 Å². The van der Waals surface area contributed by atoms with E-state index >= 15 is 0 Å². The molecule has 0 aliphatic heterocycles. The number of hydrogen-bond donors (Lipinski definition) is 3. The maximum Gasteiger partial charge on any atom is 0.261 e. The number of sulfonamides is 1. The summed E-state index contributed by atoms with van der Waals surface area (Å²) < 4.78 is 43.0. The highest BCUT2D eigenvalue weighted by Crippen LogP contribution is 2.22. The monoisotopic (exact) mass is 522 g/mol. The molecule has 0 amide bonds. The van der Waals surface area contributed by atoms with Gasteiger partial charge >= 0.3 is 0 Å². The lowest BCUT2D eigenvalue weighted by atomic mass is 9.99. The first-order valence-corrected chi connectivity index (χ1v) is 13.5. The molecule has 9 heteroatoms. The van der Waals surface area contributed by atoms with E-state index in [4.69, 9.17) is 0 Å². The molecule has 0 fully saturated rings. The molecule has 37 heavy (non-hydrogen) atoms.